The quantitative estimate of drug-likeness (QED) is 0.674. The largest absolute Gasteiger partial charge is 0.489 e. The normalized spacial score (nSPS) is 14.5. The molecule has 0 unspecified atom stereocenters. The fourth-order valence-corrected chi connectivity index (χ4v) is 2.09. The molecule has 0 bridgehead atoms. The van der Waals surface area contributed by atoms with Crippen LogP contribution in [0.15, 0.2) is 18.2 Å². The van der Waals surface area contributed by atoms with Crippen molar-refractivity contribution >= 4 is 11.6 Å². The van der Waals surface area contributed by atoms with Crippen LogP contribution < -0.4 is 10.1 Å². The van der Waals surface area contributed by atoms with Crippen molar-refractivity contribution in [2.75, 3.05) is 33.5 Å². The second-order valence-corrected chi connectivity index (χ2v) is 5.24. The van der Waals surface area contributed by atoms with Crippen molar-refractivity contribution in [1.29, 1.82) is 0 Å². The SMILES string of the molecule is COCCOCCOc1c(Cl)cccc1CNC1CC1. The highest BCUT2D eigenvalue weighted by Gasteiger charge is 2.21. The Morgan fingerprint density at radius 2 is 2.00 bits per heavy atom. The molecule has 1 aliphatic carbocycles. The maximum atomic E-state index is 6.21. The van der Waals surface area contributed by atoms with Crippen molar-refractivity contribution in [3.63, 3.8) is 0 Å². The summed E-state index contributed by atoms with van der Waals surface area (Å²) in [5.74, 6) is 0.762. The highest BCUT2D eigenvalue weighted by atomic mass is 35.5. The Bertz CT molecular complexity index is 410. The lowest BCUT2D eigenvalue weighted by atomic mass is 10.2. The Morgan fingerprint density at radius 3 is 2.75 bits per heavy atom. The van der Waals surface area contributed by atoms with Gasteiger partial charge in [0.25, 0.3) is 0 Å². The zero-order chi connectivity index (χ0) is 14.2. The molecule has 1 saturated carbocycles. The number of rotatable bonds is 10. The molecule has 4 nitrogen and oxygen atoms in total. The molecule has 5 heteroatoms. The Morgan fingerprint density at radius 1 is 1.20 bits per heavy atom. The fourth-order valence-electron chi connectivity index (χ4n) is 1.84. The van der Waals surface area contributed by atoms with E-state index in [0.29, 0.717) is 37.5 Å². The fraction of sp³-hybridized carbons (Fsp3) is 0.600. The lowest BCUT2D eigenvalue weighted by Gasteiger charge is -2.14. The van der Waals surface area contributed by atoms with Gasteiger partial charge in [-0.25, -0.2) is 0 Å². The van der Waals surface area contributed by atoms with Crippen LogP contribution >= 0.6 is 11.6 Å². The van der Waals surface area contributed by atoms with Crippen molar-refractivity contribution < 1.29 is 14.2 Å². The lowest BCUT2D eigenvalue weighted by molar-refractivity contribution is 0.0543. The summed E-state index contributed by atoms with van der Waals surface area (Å²) in [6.45, 7) is 3.00. The van der Waals surface area contributed by atoms with Gasteiger partial charge in [-0.05, 0) is 18.9 Å². The van der Waals surface area contributed by atoms with E-state index in [4.69, 9.17) is 25.8 Å². The molecule has 20 heavy (non-hydrogen) atoms. The summed E-state index contributed by atoms with van der Waals surface area (Å²) in [4.78, 5) is 0. The molecule has 0 atom stereocenters. The first-order valence-electron chi connectivity index (χ1n) is 7.01. The number of ether oxygens (including phenoxy) is 3. The number of nitrogens with one attached hydrogen (secondary N) is 1. The highest BCUT2D eigenvalue weighted by Crippen LogP contribution is 2.29. The van der Waals surface area contributed by atoms with Gasteiger partial charge in [-0.3, -0.25) is 0 Å². The molecule has 0 aromatic heterocycles. The van der Waals surface area contributed by atoms with E-state index in [1.807, 2.05) is 18.2 Å². The van der Waals surface area contributed by atoms with E-state index < -0.39 is 0 Å². The van der Waals surface area contributed by atoms with Crippen molar-refractivity contribution in [3.8, 4) is 5.75 Å². The first-order valence-corrected chi connectivity index (χ1v) is 7.39. The molecule has 1 N–H and O–H groups in total. The minimum atomic E-state index is 0.490. The van der Waals surface area contributed by atoms with Gasteiger partial charge in [0, 0.05) is 25.3 Å². The summed E-state index contributed by atoms with van der Waals surface area (Å²) in [7, 11) is 1.66. The molecule has 0 aliphatic heterocycles. The van der Waals surface area contributed by atoms with E-state index in [2.05, 4.69) is 5.32 Å². The van der Waals surface area contributed by atoms with Crippen LogP contribution in [-0.4, -0.2) is 39.6 Å². The first-order chi connectivity index (χ1) is 9.81. The van der Waals surface area contributed by atoms with Gasteiger partial charge in [-0.2, -0.15) is 0 Å². The summed E-state index contributed by atoms with van der Waals surface area (Å²) in [6.07, 6.45) is 2.54. The topological polar surface area (TPSA) is 39.7 Å². The molecule has 0 heterocycles. The third-order valence-corrected chi connectivity index (χ3v) is 3.41. The second kappa shape index (κ2) is 8.47. The van der Waals surface area contributed by atoms with Crippen LogP contribution in [0, 0.1) is 0 Å². The number of hydrogen-bond acceptors (Lipinski definition) is 4. The molecule has 0 amide bonds. The average molecular weight is 300 g/mol. The maximum absolute atomic E-state index is 6.21. The lowest BCUT2D eigenvalue weighted by Crippen LogP contribution is -2.17. The van der Waals surface area contributed by atoms with Crippen molar-refractivity contribution in [3.05, 3.63) is 28.8 Å². The predicted molar refractivity (Wildman–Crippen MR) is 79.5 cm³/mol. The highest BCUT2D eigenvalue weighted by molar-refractivity contribution is 6.32. The number of methoxy groups -OCH3 is 1. The van der Waals surface area contributed by atoms with E-state index in [-0.39, 0.29) is 0 Å². The second-order valence-electron chi connectivity index (χ2n) is 4.84. The molecule has 1 aromatic carbocycles. The third kappa shape index (κ3) is 5.29. The van der Waals surface area contributed by atoms with Crippen LogP contribution in [0.4, 0.5) is 0 Å². The number of para-hydroxylation sites is 1. The Labute approximate surface area is 125 Å². The predicted octanol–water partition coefficient (Wildman–Crippen LogP) is 2.63. The minimum absolute atomic E-state index is 0.490. The summed E-state index contributed by atoms with van der Waals surface area (Å²) in [5, 5.41) is 4.12. The van der Waals surface area contributed by atoms with Gasteiger partial charge in [0.2, 0.25) is 0 Å². The first kappa shape index (κ1) is 15.6. The summed E-state index contributed by atoms with van der Waals surface area (Å²) < 4.78 is 16.0. The molecule has 1 fully saturated rings. The van der Waals surface area contributed by atoms with Crippen LogP contribution in [0.5, 0.6) is 5.75 Å². The van der Waals surface area contributed by atoms with Crippen molar-refractivity contribution in [2.24, 2.45) is 0 Å². The molecule has 1 aromatic rings. The Hall–Kier alpha value is -0.810. The van der Waals surface area contributed by atoms with Crippen LogP contribution in [0.1, 0.15) is 18.4 Å². The third-order valence-electron chi connectivity index (χ3n) is 3.11. The van der Waals surface area contributed by atoms with Gasteiger partial charge in [-0.1, -0.05) is 23.7 Å². The van der Waals surface area contributed by atoms with E-state index >= 15 is 0 Å². The molecular formula is C15H22ClNO3. The Balaban J connectivity index is 1.78. The van der Waals surface area contributed by atoms with E-state index in [0.717, 1.165) is 17.9 Å². The molecule has 0 radical (unpaired) electrons. The van der Waals surface area contributed by atoms with Gasteiger partial charge in [-0.15, -0.1) is 0 Å². The van der Waals surface area contributed by atoms with Gasteiger partial charge in [0.15, 0.2) is 0 Å². The number of hydrogen-bond donors (Lipinski definition) is 1. The smallest absolute Gasteiger partial charge is 0.142 e. The van der Waals surface area contributed by atoms with Crippen LogP contribution in [-0.2, 0) is 16.0 Å². The molecule has 1 aliphatic rings. The zero-order valence-electron chi connectivity index (χ0n) is 11.9. The molecular weight excluding hydrogens is 278 g/mol. The molecule has 0 spiro atoms. The minimum Gasteiger partial charge on any atom is -0.489 e. The standard InChI is InChI=1S/C15H22ClNO3/c1-18-7-8-19-9-10-20-15-12(3-2-4-14(15)16)11-17-13-5-6-13/h2-4,13,17H,5-11H2,1H3. The molecule has 112 valence electrons. The summed E-state index contributed by atoms with van der Waals surface area (Å²) in [5.41, 5.74) is 1.10. The number of halogens is 1. The Kier molecular flexibility index (Phi) is 6.60. The zero-order valence-corrected chi connectivity index (χ0v) is 12.6. The van der Waals surface area contributed by atoms with Crippen molar-refractivity contribution in [1.82, 2.24) is 5.32 Å². The van der Waals surface area contributed by atoms with E-state index in [1.54, 1.807) is 7.11 Å². The molecule has 0 saturated heterocycles. The summed E-state index contributed by atoms with van der Waals surface area (Å²) in [6, 6.07) is 6.51. The van der Waals surface area contributed by atoms with Gasteiger partial charge < -0.3 is 19.5 Å². The van der Waals surface area contributed by atoms with Gasteiger partial charge >= 0.3 is 0 Å². The molecule has 2 rings (SSSR count). The summed E-state index contributed by atoms with van der Waals surface area (Å²) >= 11 is 6.21. The maximum Gasteiger partial charge on any atom is 0.142 e. The van der Waals surface area contributed by atoms with Crippen molar-refractivity contribution in [2.45, 2.75) is 25.4 Å². The van der Waals surface area contributed by atoms with Crippen LogP contribution in [0.3, 0.4) is 0 Å². The number of benzene rings is 1. The average Bonchev–Trinajstić information content (AvgIpc) is 3.26. The van der Waals surface area contributed by atoms with Gasteiger partial charge in [0.1, 0.15) is 12.4 Å². The van der Waals surface area contributed by atoms with Crippen LogP contribution in [0.2, 0.25) is 5.02 Å². The van der Waals surface area contributed by atoms with Gasteiger partial charge in [0.05, 0.1) is 24.8 Å². The van der Waals surface area contributed by atoms with Crippen LogP contribution in [0.25, 0.3) is 0 Å². The van der Waals surface area contributed by atoms with E-state index in [9.17, 15) is 0 Å². The van der Waals surface area contributed by atoms with E-state index in [1.165, 1.54) is 12.8 Å². The monoisotopic (exact) mass is 299 g/mol.